The maximum absolute atomic E-state index is 13.9. The van der Waals surface area contributed by atoms with E-state index in [2.05, 4.69) is 5.32 Å². The standard InChI is InChI=1S/C13H18FN/c14-13(12-7-4-8-15-10-12)9-11-5-2-1-3-6-11/h1-3,5-6,12-13,15H,4,7-10H2. The summed E-state index contributed by atoms with van der Waals surface area (Å²) in [7, 11) is 0. The molecule has 1 aliphatic heterocycles. The Morgan fingerprint density at radius 3 is 2.80 bits per heavy atom. The van der Waals surface area contributed by atoms with Gasteiger partial charge in [-0.2, -0.15) is 0 Å². The molecule has 1 aromatic rings. The van der Waals surface area contributed by atoms with Gasteiger partial charge in [-0.3, -0.25) is 0 Å². The Labute approximate surface area is 90.7 Å². The number of rotatable bonds is 3. The maximum Gasteiger partial charge on any atom is 0.108 e. The zero-order chi connectivity index (χ0) is 10.5. The summed E-state index contributed by atoms with van der Waals surface area (Å²) in [5.74, 6) is 0.207. The van der Waals surface area contributed by atoms with Gasteiger partial charge in [0.05, 0.1) is 0 Å². The Hall–Kier alpha value is -0.890. The Morgan fingerprint density at radius 2 is 2.13 bits per heavy atom. The Bertz CT molecular complexity index is 280. The average molecular weight is 207 g/mol. The lowest BCUT2D eigenvalue weighted by atomic mass is 9.91. The lowest BCUT2D eigenvalue weighted by Gasteiger charge is -2.25. The van der Waals surface area contributed by atoms with Crippen LogP contribution in [0.15, 0.2) is 30.3 Å². The van der Waals surface area contributed by atoms with Gasteiger partial charge in [0, 0.05) is 18.9 Å². The molecule has 2 rings (SSSR count). The molecule has 2 heteroatoms. The van der Waals surface area contributed by atoms with Gasteiger partial charge >= 0.3 is 0 Å². The van der Waals surface area contributed by atoms with Gasteiger partial charge in [0.2, 0.25) is 0 Å². The fourth-order valence-electron chi connectivity index (χ4n) is 2.19. The van der Waals surface area contributed by atoms with Crippen LogP contribution < -0.4 is 5.32 Å². The van der Waals surface area contributed by atoms with Gasteiger partial charge in [-0.1, -0.05) is 30.3 Å². The van der Waals surface area contributed by atoms with Gasteiger partial charge in [-0.15, -0.1) is 0 Å². The van der Waals surface area contributed by atoms with Crippen LogP contribution in [0.5, 0.6) is 0 Å². The largest absolute Gasteiger partial charge is 0.316 e. The van der Waals surface area contributed by atoms with E-state index in [1.165, 1.54) is 0 Å². The van der Waals surface area contributed by atoms with E-state index < -0.39 is 6.17 Å². The van der Waals surface area contributed by atoms with Crippen LogP contribution in [0.4, 0.5) is 4.39 Å². The van der Waals surface area contributed by atoms with Crippen LogP contribution in [-0.2, 0) is 6.42 Å². The van der Waals surface area contributed by atoms with Crippen LogP contribution in [0.25, 0.3) is 0 Å². The first-order chi connectivity index (χ1) is 7.36. The molecule has 1 aliphatic rings. The summed E-state index contributed by atoms with van der Waals surface area (Å²) < 4.78 is 13.9. The zero-order valence-electron chi connectivity index (χ0n) is 8.95. The third-order valence-corrected chi connectivity index (χ3v) is 3.12. The molecule has 1 heterocycles. The molecule has 0 amide bonds. The van der Waals surface area contributed by atoms with E-state index in [1.54, 1.807) is 0 Å². The van der Waals surface area contributed by atoms with E-state index in [4.69, 9.17) is 0 Å². The van der Waals surface area contributed by atoms with E-state index in [-0.39, 0.29) is 5.92 Å². The second-order valence-electron chi connectivity index (χ2n) is 4.31. The summed E-state index contributed by atoms with van der Waals surface area (Å²) in [6, 6.07) is 9.92. The van der Waals surface area contributed by atoms with Crippen molar-refractivity contribution in [2.75, 3.05) is 13.1 Å². The van der Waals surface area contributed by atoms with Gasteiger partial charge in [-0.05, 0) is 24.9 Å². The summed E-state index contributed by atoms with van der Waals surface area (Å²) in [5, 5.41) is 3.26. The third-order valence-electron chi connectivity index (χ3n) is 3.12. The van der Waals surface area contributed by atoms with Crippen molar-refractivity contribution in [1.29, 1.82) is 0 Å². The normalized spacial score (nSPS) is 23.7. The van der Waals surface area contributed by atoms with Gasteiger partial charge < -0.3 is 5.32 Å². The highest BCUT2D eigenvalue weighted by molar-refractivity contribution is 5.15. The van der Waals surface area contributed by atoms with Crippen molar-refractivity contribution in [3.63, 3.8) is 0 Å². The number of alkyl halides is 1. The fourth-order valence-corrected chi connectivity index (χ4v) is 2.19. The molecule has 1 nitrogen and oxygen atoms in total. The number of hydrogen-bond acceptors (Lipinski definition) is 1. The second kappa shape index (κ2) is 5.26. The van der Waals surface area contributed by atoms with Gasteiger partial charge in [-0.25, -0.2) is 4.39 Å². The molecule has 15 heavy (non-hydrogen) atoms. The highest BCUT2D eigenvalue weighted by atomic mass is 19.1. The van der Waals surface area contributed by atoms with Crippen molar-refractivity contribution in [3.8, 4) is 0 Å². The first-order valence-electron chi connectivity index (χ1n) is 5.75. The number of halogens is 1. The minimum Gasteiger partial charge on any atom is -0.316 e. The monoisotopic (exact) mass is 207 g/mol. The Morgan fingerprint density at radius 1 is 1.33 bits per heavy atom. The summed E-state index contributed by atoms with van der Waals surface area (Å²) in [5.41, 5.74) is 1.11. The van der Waals surface area contributed by atoms with Crippen LogP contribution in [0.3, 0.4) is 0 Å². The van der Waals surface area contributed by atoms with E-state index in [0.29, 0.717) is 6.42 Å². The molecule has 1 aromatic carbocycles. The molecule has 1 fully saturated rings. The molecule has 2 unspecified atom stereocenters. The second-order valence-corrected chi connectivity index (χ2v) is 4.31. The third kappa shape index (κ3) is 3.03. The summed E-state index contributed by atoms with van der Waals surface area (Å²) >= 11 is 0. The Balaban J connectivity index is 1.88. The van der Waals surface area contributed by atoms with Crippen LogP contribution in [0.1, 0.15) is 18.4 Å². The van der Waals surface area contributed by atoms with E-state index in [1.807, 2.05) is 30.3 Å². The predicted molar refractivity (Wildman–Crippen MR) is 60.6 cm³/mol. The summed E-state index contributed by atoms with van der Waals surface area (Å²) in [6.45, 7) is 1.89. The SMILES string of the molecule is FC(Cc1ccccc1)C1CCCNC1. The average Bonchev–Trinajstić information content (AvgIpc) is 2.31. The van der Waals surface area contributed by atoms with Crippen LogP contribution in [0.2, 0.25) is 0 Å². The molecule has 0 aliphatic carbocycles. The molecule has 82 valence electrons. The lowest BCUT2D eigenvalue weighted by Crippen LogP contribution is -2.35. The Kier molecular flexibility index (Phi) is 3.73. The van der Waals surface area contributed by atoms with Crippen molar-refractivity contribution < 1.29 is 4.39 Å². The van der Waals surface area contributed by atoms with Crippen molar-refractivity contribution in [1.82, 2.24) is 5.32 Å². The fraction of sp³-hybridized carbons (Fsp3) is 0.538. The molecule has 0 radical (unpaired) electrons. The first kappa shape index (κ1) is 10.6. The summed E-state index contributed by atoms with van der Waals surface area (Å²) in [4.78, 5) is 0. The van der Waals surface area contributed by atoms with Crippen molar-refractivity contribution in [2.45, 2.75) is 25.4 Å². The van der Waals surface area contributed by atoms with Gasteiger partial charge in [0.25, 0.3) is 0 Å². The number of piperidine rings is 1. The van der Waals surface area contributed by atoms with Gasteiger partial charge in [0.15, 0.2) is 0 Å². The van der Waals surface area contributed by atoms with E-state index >= 15 is 0 Å². The molecule has 0 saturated carbocycles. The number of benzene rings is 1. The predicted octanol–water partition coefficient (Wildman–Crippen LogP) is 2.57. The topological polar surface area (TPSA) is 12.0 Å². The minimum atomic E-state index is -0.694. The lowest BCUT2D eigenvalue weighted by molar-refractivity contribution is 0.191. The quantitative estimate of drug-likeness (QED) is 0.803. The maximum atomic E-state index is 13.9. The first-order valence-corrected chi connectivity index (χ1v) is 5.75. The zero-order valence-corrected chi connectivity index (χ0v) is 8.95. The van der Waals surface area contributed by atoms with Crippen molar-refractivity contribution in [2.24, 2.45) is 5.92 Å². The summed E-state index contributed by atoms with van der Waals surface area (Å²) in [6.07, 6.45) is 2.01. The smallest absolute Gasteiger partial charge is 0.108 e. The van der Waals surface area contributed by atoms with Crippen LogP contribution in [0, 0.1) is 5.92 Å². The highest BCUT2D eigenvalue weighted by Gasteiger charge is 2.22. The van der Waals surface area contributed by atoms with E-state index in [9.17, 15) is 4.39 Å². The number of hydrogen-bond donors (Lipinski definition) is 1. The van der Waals surface area contributed by atoms with E-state index in [0.717, 1.165) is 31.5 Å². The molecule has 2 atom stereocenters. The molecule has 1 saturated heterocycles. The molecule has 0 spiro atoms. The molecule has 1 N–H and O–H groups in total. The molecule has 0 aromatic heterocycles. The molecule has 0 bridgehead atoms. The van der Waals surface area contributed by atoms with Crippen LogP contribution in [-0.4, -0.2) is 19.3 Å². The number of nitrogens with one attached hydrogen (secondary N) is 1. The molecular weight excluding hydrogens is 189 g/mol. The molecular formula is C13H18FN. The van der Waals surface area contributed by atoms with Gasteiger partial charge in [0.1, 0.15) is 6.17 Å². The minimum absolute atomic E-state index is 0.207. The van der Waals surface area contributed by atoms with Crippen molar-refractivity contribution in [3.05, 3.63) is 35.9 Å². The van der Waals surface area contributed by atoms with Crippen LogP contribution >= 0.6 is 0 Å². The van der Waals surface area contributed by atoms with Crippen molar-refractivity contribution >= 4 is 0 Å². The highest BCUT2D eigenvalue weighted by Crippen LogP contribution is 2.20.